The lowest BCUT2D eigenvalue weighted by Crippen LogP contribution is -2.37. The van der Waals surface area contributed by atoms with Gasteiger partial charge in [-0.3, -0.25) is 0 Å². The van der Waals surface area contributed by atoms with Crippen LogP contribution in [0.25, 0.3) is 0 Å². The van der Waals surface area contributed by atoms with E-state index in [-0.39, 0.29) is 17.3 Å². The van der Waals surface area contributed by atoms with Crippen LogP contribution >= 0.6 is 0 Å². The molecule has 0 radical (unpaired) electrons. The molecular formula is C14H19FN2O3. The van der Waals surface area contributed by atoms with Gasteiger partial charge >= 0.3 is 12.0 Å². The van der Waals surface area contributed by atoms with Crippen LogP contribution in [0.15, 0.2) is 18.2 Å². The van der Waals surface area contributed by atoms with Gasteiger partial charge in [0.05, 0.1) is 11.3 Å². The van der Waals surface area contributed by atoms with Crippen molar-refractivity contribution in [2.45, 2.75) is 33.2 Å². The Morgan fingerprint density at radius 1 is 1.30 bits per heavy atom. The van der Waals surface area contributed by atoms with Crippen LogP contribution < -0.4 is 10.6 Å². The SMILES string of the molecule is CC(C)CC(C)NC(=O)Nc1cc(C(=O)O)ccc1F. The summed E-state index contributed by atoms with van der Waals surface area (Å²) in [7, 11) is 0. The van der Waals surface area contributed by atoms with Crippen molar-refractivity contribution >= 4 is 17.7 Å². The van der Waals surface area contributed by atoms with E-state index in [4.69, 9.17) is 5.11 Å². The number of amides is 2. The normalized spacial score (nSPS) is 12.1. The minimum atomic E-state index is -1.18. The zero-order chi connectivity index (χ0) is 15.3. The molecule has 6 heteroatoms. The summed E-state index contributed by atoms with van der Waals surface area (Å²) in [6.07, 6.45) is 0.797. The molecule has 5 nitrogen and oxygen atoms in total. The van der Waals surface area contributed by atoms with E-state index in [1.807, 2.05) is 20.8 Å². The number of aromatic carboxylic acids is 1. The van der Waals surface area contributed by atoms with Crippen LogP contribution in [-0.2, 0) is 0 Å². The highest BCUT2D eigenvalue weighted by Gasteiger charge is 2.13. The van der Waals surface area contributed by atoms with E-state index < -0.39 is 17.8 Å². The van der Waals surface area contributed by atoms with E-state index in [1.54, 1.807) is 0 Å². The summed E-state index contributed by atoms with van der Waals surface area (Å²) in [5.41, 5.74) is -0.240. The van der Waals surface area contributed by atoms with E-state index >= 15 is 0 Å². The fourth-order valence-corrected chi connectivity index (χ4v) is 1.90. The largest absolute Gasteiger partial charge is 0.478 e. The highest BCUT2D eigenvalue weighted by molar-refractivity contribution is 5.93. The van der Waals surface area contributed by atoms with Gasteiger partial charge in [0.2, 0.25) is 0 Å². The first-order valence-corrected chi connectivity index (χ1v) is 6.40. The minimum Gasteiger partial charge on any atom is -0.478 e. The zero-order valence-corrected chi connectivity index (χ0v) is 11.7. The first kappa shape index (κ1) is 15.9. The van der Waals surface area contributed by atoms with Gasteiger partial charge in [0.25, 0.3) is 0 Å². The second-order valence-electron chi connectivity index (χ2n) is 5.13. The first-order chi connectivity index (χ1) is 9.29. The summed E-state index contributed by atoms with van der Waals surface area (Å²) in [6.45, 7) is 5.92. The Kier molecular flexibility index (Phi) is 5.49. The molecular weight excluding hydrogens is 263 g/mol. The molecule has 0 aromatic heterocycles. The summed E-state index contributed by atoms with van der Waals surface area (Å²) >= 11 is 0. The molecule has 0 aliphatic heterocycles. The second kappa shape index (κ2) is 6.88. The molecule has 1 aromatic carbocycles. The third-order valence-corrected chi connectivity index (χ3v) is 2.66. The van der Waals surface area contributed by atoms with Crippen LogP contribution in [0.3, 0.4) is 0 Å². The Labute approximate surface area is 117 Å². The van der Waals surface area contributed by atoms with Crippen molar-refractivity contribution in [1.29, 1.82) is 0 Å². The van der Waals surface area contributed by atoms with Crippen LogP contribution in [0, 0.1) is 11.7 Å². The van der Waals surface area contributed by atoms with Crippen LogP contribution in [0.1, 0.15) is 37.6 Å². The van der Waals surface area contributed by atoms with Crippen molar-refractivity contribution in [3.8, 4) is 0 Å². The molecule has 0 aliphatic rings. The van der Waals surface area contributed by atoms with E-state index in [0.29, 0.717) is 5.92 Å². The lowest BCUT2D eigenvalue weighted by atomic mass is 10.1. The molecule has 0 fully saturated rings. The fraction of sp³-hybridized carbons (Fsp3) is 0.429. The third kappa shape index (κ3) is 4.87. The molecule has 1 unspecified atom stereocenters. The number of anilines is 1. The molecule has 2 amide bonds. The summed E-state index contributed by atoms with van der Waals surface area (Å²) in [6, 6.07) is 2.63. The standard InChI is InChI=1S/C14H19FN2O3/c1-8(2)6-9(3)16-14(20)17-12-7-10(13(18)19)4-5-11(12)15/h4-5,7-9H,6H2,1-3H3,(H,18,19)(H2,16,17,20). The Hall–Kier alpha value is -2.11. The number of benzene rings is 1. The van der Waals surface area contributed by atoms with Crippen LogP contribution in [-0.4, -0.2) is 23.1 Å². The molecule has 1 rings (SSSR count). The van der Waals surface area contributed by atoms with Gasteiger partial charge in [-0.05, 0) is 37.5 Å². The Morgan fingerprint density at radius 3 is 2.50 bits per heavy atom. The fourth-order valence-electron chi connectivity index (χ4n) is 1.90. The monoisotopic (exact) mass is 282 g/mol. The average molecular weight is 282 g/mol. The number of rotatable bonds is 5. The van der Waals surface area contributed by atoms with Gasteiger partial charge in [0, 0.05) is 6.04 Å². The topological polar surface area (TPSA) is 78.4 Å². The molecule has 0 saturated carbocycles. The average Bonchev–Trinajstić information content (AvgIpc) is 2.30. The predicted molar refractivity (Wildman–Crippen MR) is 74.4 cm³/mol. The van der Waals surface area contributed by atoms with Gasteiger partial charge in [-0.1, -0.05) is 13.8 Å². The van der Waals surface area contributed by atoms with Crippen molar-refractivity contribution in [2.75, 3.05) is 5.32 Å². The Balaban J connectivity index is 2.70. The first-order valence-electron chi connectivity index (χ1n) is 6.40. The van der Waals surface area contributed by atoms with Crippen molar-refractivity contribution < 1.29 is 19.1 Å². The number of carboxylic acids is 1. The number of halogens is 1. The molecule has 0 saturated heterocycles. The minimum absolute atomic E-state index is 0.0549. The van der Waals surface area contributed by atoms with Crippen molar-refractivity contribution in [2.24, 2.45) is 5.92 Å². The van der Waals surface area contributed by atoms with Crippen molar-refractivity contribution in [3.05, 3.63) is 29.6 Å². The number of carbonyl (C=O) groups excluding carboxylic acids is 1. The second-order valence-corrected chi connectivity index (χ2v) is 5.13. The summed E-state index contributed by atoms with van der Waals surface area (Å²) < 4.78 is 13.5. The van der Waals surface area contributed by atoms with Gasteiger partial charge < -0.3 is 15.7 Å². The number of nitrogens with one attached hydrogen (secondary N) is 2. The maximum atomic E-state index is 13.5. The number of hydrogen-bond acceptors (Lipinski definition) is 2. The molecule has 0 heterocycles. The van der Waals surface area contributed by atoms with E-state index in [2.05, 4.69) is 10.6 Å². The van der Waals surface area contributed by atoms with Gasteiger partial charge in [-0.25, -0.2) is 14.0 Å². The van der Waals surface area contributed by atoms with Crippen molar-refractivity contribution in [3.63, 3.8) is 0 Å². The smallest absolute Gasteiger partial charge is 0.335 e. The molecule has 110 valence electrons. The van der Waals surface area contributed by atoms with Crippen LogP contribution in [0.5, 0.6) is 0 Å². The number of carboxylic acid groups (broad SMARTS) is 1. The molecule has 20 heavy (non-hydrogen) atoms. The molecule has 0 aliphatic carbocycles. The molecule has 1 aromatic rings. The quantitative estimate of drug-likeness (QED) is 0.776. The molecule has 0 bridgehead atoms. The van der Waals surface area contributed by atoms with Crippen molar-refractivity contribution in [1.82, 2.24) is 5.32 Å². The third-order valence-electron chi connectivity index (χ3n) is 2.66. The highest BCUT2D eigenvalue weighted by atomic mass is 19.1. The predicted octanol–water partition coefficient (Wildman–Crippen LogP) is 3.08. The zero-order valence-electron chi connectivity index (χ0n) is 11.7. The van der Waals surface area contributed by atoms with Gasteiger partial charge in [-0.15, -0.1) is 0 Å². The molecule has 1 atom stereocenters. The molecule has 3 N–H and O–H groups in total. The number of hydrogen-bond donors (Lipinski definition) is 3. The van der Waals surface area contributed by atoms with Crippen LogP contribution in [0.2, 0.25) is 0 Å². The maximum absolute atomic E-state index is 13.5. The highest BCUT2D eigenvalue weighted by Crippen LogP contribution is 2.16. The molecule has 0 spiro atoms. The summed E-state index contributed by atoms with van der Waals surface area (Å²) in [5, 5.41) is 13.8. The van der Waals surface area contributed by atoms with E-state index in [1.165, 1.54) is 0 Å². The summed E-state index contributed by atoms with van der Waals surface area (Å²) in [4.78, 5) is 22.5. The lowest BCUT2D eigenvalue weighted by molar-refractivity contribution is 0.0697. The van der Waals surface area contributed by atoms with Gasteiger partial charge in [-0.2, -0.15) is 0 Å². The Bertz CT molecular complexity index is 503. The lowest BCUT2D eigenvalue weighted by Gasteiger charge is -2.16. The van der Waals surface area contributed by atoms with Gasteiger partial charge in [0.1, 0.15) is 5.82 Å². The summed E-state index contributed by atoms with van der Waals surface area (Å²) in [5.74, 6) is -1.43. The van der Waals surface area contributed by atoms with E-state index in [9.17, 15) is 14.0 Å². The number of carbonyl (C=O) groups is 2. The number of urea groups is 1. The maximum Gasteiger partial charge on any atom is 0.335 e. The van der Waals surface area contributed by atoms with Gasteiger partial charge in [0.15, 0.2) is 0 Å². The van der Waals surface area contributed by atoms with E-state index in [0.717, 1.165) is 24.6 Å². The Morgan fingerprint density at radius 2 is 1.95 bits per heavy atom. The van der Waals surface area contributed by atoms with Crippen LogP contribution in [0.4, 0.5) is 14.9 Å².